The summed E-state index contributed by atoms with van der Waals surface area (Å²) in [5.41, 5.74) is 0.838. The van der Waals surface area contributed by atoms with Gasteiger partial charge in [0.1, 0.15) is 0 Å². The van der Waals surface area contributed by atoms with Crippen molar-refractivity contribution in [1.82, 2.24) is 10.2 Å². The van der Waals surface area contributed by atoms with E-state index in [-0.39, 0.29) is 23.9 Å². The third kappa shape index (κ3) is 3.51. The van der Waals surface area contributed by atoms with E-state index in [1.807, 2.05) is 11.9 Å². The van der Waals surface area contributed by atoms with E-state index in [1.54, 1.807) is 0 Å². The second-order valence-corrected chi connectivity index (χ2v) is 6.31. The summed E-state index contributed by atoms with van der Waals surface area (Å²) in [4.78, 5) is 14.7. The summed E-state index contributed by atoms with van der Waals surface area (Å²) in [7, 11) is 1.91. The lowest BCUT2D eigenvalue weighted by Gasteiger charge is -2.32. The molecule has 0 bridgehead atoms. The number of rotatable bonds is 4. The van der Waals surface area contributed by atoms with E-state index in [2.05, 4.69) is 54.7 Å². The molecule has 2 aromatic rings. The van der Waals surface area contributed by atoms with Crippen LogP contribution in [0.4, 0.5) is 0 Å². The molecule has 3 nitrogen and oxygen atoms in total. The number of benzene rings is 2. The number of fused-ring (bicyclic) bond motifs is 1. The van der Waals surface area contributed by atoms with Gasteiger partial charge in [-0.3, -0.25) is 4.79 Å². The van der Waals surface area contributed by atoms with Gasteiger partial charge in [0, 0.05) is 13.6 Å². The van der Waals surface area contributed by atoms with Crippen LogP contribution in [0.5, 0.6) is 0 Å². The first-order valence-corrected chi connectivity index (χ1v) is 8.13. The summed E-state index contributed by atoms with van der Waals surface area (Å²) in [6.45, 7) is 3.70. The third-order valence-electron chi connectivity index (χ3n) is 4.84. The van der Waals surface area contributed by atoms with E-state index in [9.17, 15) is 4.79 Å². The highest BCUT2D eigenvalue weighted by atomic mass is 35.5. The van der Waals surface area contributed by atoms with Crippen LogP contribution in [0.1, 0.15) is 31.7 Å². The number of halogens is 1. The molecule has 2 aromatic carbocycles. The molecule has 1 amide bonds. The van der Waals surface area contributed by atoms with E-state index in [0.29, 0.717) is 6.54 Å². The number of hydrogen-bond donors (Lipinski definition) is 1. The number of nitrogens with one attached hydrogen (secondary N) is 1. The van der Waals surface area contributed by atoms with Crippen LogP contribution in [0, 0.1) is 0 Å². The van der Waals surface area contributed by atoms with Gasteiger partial charge in [-0.05, 0) is 48.2 Å². The minimum Gasteiger partial charge on any atom is -0.340 e. The summed E-state index contributed by atoms with van der Waals surface area (Å²) in [6, 6.07) is 14.8. The van der Waals surface area contributed by atoms with E-state index < -0.39 is 0 Å². The first-order valence-electron chi connectivity index (χ1n) is 8.13. The van der Waals surface area contributed by atoms with Crippen molar-refractivity contribution in [2.75, 3.05) is 13.6 Å². The maximum Gasteiger partial charge on any atom is 0.242 e. The molecule has 0 aliphatic carbocycles. The monoisotopic (exact) mass is 332 g/mol. The van der Waals surface area contributed by atoms with Crippen molar-refractivity contribution in [1.29, 1.82) is 0 Å². The van der Waals surface area contributed by atoms with Crippen LogP contribution in [0.2, 0.25) is 0 Å². The number of hydrogen-bond acceptors (Lipinski definition) is 2. The molecule has 1 fully saturated rings. The van der Waals surface area contributed by atoms with Gasteiger partial charge in [-0.2, -0.15) is 0 Å². The summed E-state index contributed by atoms with van der Waals surface area (Å²) in [5, 5.41) is 5.89. The molecular weight excluding hydrogens is 308 g/mol. The Morgan fingerprint density at radius 1 is 1.22 bits per heavy atom. The average molecular weight is 333 g/mol. The second-order valence-electron chi connectivity index (χ2n) is 6.31. The fourth-order valence-corrected chi connectivity index (χ4v) is 3.49. The van der Waals surface area contributed by atoms with Crippen molar-refractivity contribution in [3.05, 3.63) is 48.0 Å². The highest BCUT2D eigenvalue weighted by Crippen LogP contribution is 2.26. The molecule has 1 N–H and O–H groups in total. The summed E-state index contributed by atoms with van der Waals surface area (Å²) in [5.74, 6) is 0.223. The van der Waals surface area contributed by atoms with Gasteiger partial charge < -0.3 is 10.2 Å². The Labute approximate surface area is 144 Å². The normalized spacial score (nSPS) is 20.3. The zero-order valence-corrected chi connectivity index (χ0v) is 14.7. The van der Waals surface area contributed by atoms with Crippen molar-refractivity contribution >= 4 is 29.1 Å². The number of carbonyl (C=O) groups excluding carboxylic acids is 1. The topological polar surface area (TPSA) is 32.3 Å². The standard InChI is InChI=1S/C19H24N2O.ClH/c1-3-19(11-6-12-20-19)18(22)21(2)14-15-9-10-16-7-4-5-8-17(16)13-15;/h4-5,7-10,13,20H,3,6,11-12,14H2,1-2H3;1H. The van der Waals surface area contributed by atoms with Crippen LogP contribution >= 0.6 is 12.4 Å². The maximum absolute atomic E-state index is 12.8. The van der Waals surface area contributed by atoms with Gasteiger partial charge in [0.05, 0.1) is 5.54 Å². The molecule has 1 aliphatic heterocycles. The molecule has 1 unspecified atom stereocenters. The van der Waals surface area contributed by atoms with Gasteiger partial charge >= 0.3 is 0 Å². The highest BCUT2D eigenvalue weighted by Gasteiger charge is 2.40. The molecule has 1 atom stereocenters. The highest BCUT2D eigenvalue weighted by molar-refractivity contribution is 5.87. The fourth-order valence-electron chi connectivity index (χ4n) is 3.49. The van der Waals surface area contributed by atoms with Crippen LogP contribution in [0.25, 0.3) is 10.8 Å². The van der Waals surface area contributed by atoms with Crippen molar-refractivity contribution in [3.63, 3.8) is 0 Å². The quantitative estimate of drug-likeness (QED) is 0.924. The van der Waals surface area contributed by atoms with E-state index in [1.165, 1.54) is 16.3 Å². The lowest BCUT2D eigenvalue weighted by atomic mass is 9.92. The Morgan fingerprint density at radius 3 is 2.61 bits per heavy atom. The number of likely N-dealkylation sites (N-methyl/N-ethyl adjacent to an activating group) is 1. The SMILES string of the molecule is CCC1(C(=O)N(C)Cc2ccc3ccccc3c2)CCCN1.Cl. The van der Waals surface area contributed by atoms with E-state index in [0.717, 1.165) is 25.8 Å². The van der Waals surface area contributed by atoms with Crippen molar-refractivity contribution < 1.29 is 4.79 Å². The lowest BCUT2D eigenvalue weighted by Crippen LogP contribution is -2.53. The molecule has 1 aliphatic rings. The average Bonchev–Trinajstić information content (AvgIpc) is 3.04. The molecule has 0 spiro atoms. The van der Waals surface area contributed by atoms with Gasteiger partial charge in [0.25, 0.3) is 0 Å². The molecule has 3 rings (SSSR count). The summed E-state index contributed by atoms with van der Waals surface area (Å²) in [6.07, 6.45) is 2.89. The van der Waals surface area contributed by atoms with Crippen LogP contribution < -0.4 is 5.32 Å². The van der Waals surface area contributed by atoms with Crippen LogP contribution in [-0.4, -0.2) is 29.9 Å². The maximum atomic E-state index is 12.8. The van der Waals surface area contributed by atoms with Gasteiger partial charge in [-0.15, -0.1) is 12.4 Å². The molecule has 0 saturated carbocycles. The predicted molar refractivity (Wildman–Crippen MR) is 97.9 cm³/mol. The van der Waals surface area contributed by atoms with E-state index >= 15 is 0 Å². The molecule has 124 valence electrons. The molecule has 0 aromatic heterocycles. The molecular formula is C19H25ClN2O. The zero-order valence-electron chi connectivity index (χ0n) is 13.8. The Hall–Kier alpha value is -1.58. The van der Waals surface area contributed by atoms with Crippen LogP contribution in [0.3, 0.4) is 0 Å². The van der Waals surface area contributed by atoms with Crippen molar-refractivity contribution in [3.8, 4) is 0 Å². The molecule has 1 saturated heterocycles. The zero-order chi connectivity index (χ0) is 15.6. The van der Waals surface area contributed by atoms with Crippen LogP contribution in [-0.2, 0) is 11.3 Å². The van der Waals surface area contributed by atoms with E-state index in [4.69, 9.17) is 0 Å². The molecule has 23 heavy (non-hydrogen) atoms. The number of nitrogens with zero attached hydrogens (tertiary/aromatic N) is 1. The molecule has 4 heteroatoms. The van der Waals surface area contributed by atoms with Crippen LogP contribution in [0.15, 0.2) is 42.5 Å². The Bertz CT molecular complexity index is 680. The third-order valence-corrected chi connectivity index (χ3v) is 4.84. The number of carbonyl (C=O) groups is 1. The predicted octanol–water partition coefficient (Wildman–Crippen LogP) is 3.75. The minimum atomic E-state index is -0.342. The molecule has 1 heterocycles. The Morgan fingerprint density at radius 2 is 1.96 bits per heavy atom. The molecule has 0 radical (unpaired) electrons. The number of amides is 1. The lowest BCUT2D eigenvalue weighted by molar-refractivity contribution is -0.137. The van der Waals surface area contributed by atoms with Gasteiger partial charge in [-0.25, -0.2) is 0 Å². The first kappa shape index (κ1) is 17.8. The van der Waals surface area contributed by atoms with Gasteiger partial charge in [-0.1, -0.05) is 43.3 Å². The largest absolute Gasteiger partial charge is 0.340 e. The second kappa shape index (κ2) is 7.33. The minimum absolute atomic E-state index is 0. The summed E-state index contributed by atoms with van der Waals surface area (Å²) >= 11 is 0. The van der Waals surface area contributed by atoms with Crippen molar-refractivity contribution in [2.45, 2.75) is 38.3 Å². The van der Waals surface area contributed by atoms with Gasteiger partial charge in [0.15, 0.2) is 0 Å². The van der Waals surface area contributed by atoms with Gasteiger partial charge in [0.2, 0.25) is 5.91 Å². The Balaban J connectivity index is 0.00000192. The smallest absolute Gasteiger partial charge is 0.242 e. The summed E-state index contributed by atoms with van der Waals surface area (Å²) < 4.78 is 0. The van der Waals surface area contributed by atoms with Crippen molar-refractivity contribution in [2.24, 2.45) is 0 Å². The first-order chi connectivity index (χ1) is 10.6. The fraction of sp³-hybridized carbons (Fsp3) is 0.421. The Kier molecular flexibility index (Phi) is 5.66.